The Hall–Kier alpha value is -1.63. The van der Waals surface area contributed by atoms with E-state index in [1.807, 2.05) is 18.5 Å². The van der Waals surface area contributed by atoms with E-state index in [4.69, 9.17) is 9.73 Å². The summed E-state index contributed by atoms with van der Waals surface area (Å²) in [5.74, 6) is 3.54. The van der Waals surface area contributed by atoms with Gasteiger partial charge in [-0.25, -0.2) is 4.99 Å². The van der Waals surface area contributed by atoms with E-state index < -0.39 is 0 Å². The van der Waals surface area contributed by atoms with Crippen LogP contribution in [0.3, 0.4) is 0 Å². The van der Waals surface area contributed by atoms with E-state index in [9.17, 15) is 0 Å². The number of guanidine groups is 1. The number of aliphatic imine (C=N–C) groups is 1. The number of likely N-dealkylation sites (tertiary alicyclic amines) is 1. The van der Waals surface area contributed by atoms with Gasteiger partial charge in [0.2, 0.25) is 0 Å². The maximum Gasteiger partial charge on any atom is 0.194 e. The predicted octanol–water partition coefficient (Wildman–Crippen LogP) is 0.947. The van der Waals surface area contributed by atoms with Gasteiger partial charge in [-0.05, 0) is 25.7 Å². The summed E-state index contributed by atoms with van der Waals surface area (Å²) in [7, 11) is 3.68. The zero-order chi connectivity index (χ0) is 15.9. The Morgan fingerprint density at radius 2 is 2.09 bits per heavy atom. The molecule has 0 atom stereocenters. The summed E-state index contributed by atoms with van der Waals surface area (Å²) in [6.07, 6.45) is 2.43. The van der Waals surface area contributed by atoms with Gasteiger partial charge < -0.3 is 19.5 Å². The number of aryl methyl sites for hydroxylation is 1. The molecule has 1 aliphatic rings. The SMILES string of the molecule is COCCNC(=NCc1nnc(C)n1C)N1CCC(C)CC1. The van der Waals surface area contributed by atoms with Gasteiger partial charge in [-0.3, -0.25) is 0 Å². The summed E-state index contributed by atoms with van der Waals surface area (Å²) in [4.78, 5) is 7.07. The zero-order valence-corrected chi connectivity index (χ0v) is 14.2. The zero-order valence-electron chi connectivity index (χ0n) is 14.2. The molecule has 1 saturated heterocycles. The lowest BCUT2D eigenvalue weighted by molar-refractivity contribution is 0.201. The highest BCUT2D eigenvalue weighted by Crippen LogP contribution is 2.16. The van der Waals surface area contributed by atoms with Gasteiger partial charge in [0.05, 0.1) is 6.61 Å². The van der Waals surface area contributed by atoms with Crippen LogP contribution in [0.25, 0.3) is 0 Å². The molecule has 1 aliphatic heterocycles. The van der Waals surface area contributed by atoms with Crippen molar-refractivity contribution in [2.24, 2.45) is 18.0 Å². The first-order chi connectivity index (χ1) is 10.6. The number of piperidine rings is 1. The van der Waals surface area contributed by atoms with Crippen LogP contribution in [0.5, 0.6) is 0 Å². The summed E-state index contributed by atoms with van der Waals surface area (Å²) < 4.78 is 7.10. The summed E-state index contributed by atoms with van der Waals surface area (Å²) in [5.41, 5.74) is 0. The van der Waals surface area contributed by atoms with Crippen molar-refractivity contribution in [2.45, 2.75) is 33.2 Å². The minimum atomic E-state index is 0.540. The lowest BCUT2D eigenvalue weighted by Crippen LogP contribution is -2.46. The molecule has 0 aromatic carbocycles. The maximum absolute atomic E-state index is 5.12. The molecule has 1 aromatic rings. The summed E-state index contributed by atoms with van der Waals surface area (Å²) in [6, 6.07) is 0. The molecule has 0 saturated carbocycles. The highest BCUT2D eigenvalue weighted by Gasteiger charge is 2.19. The van der Waals surface area contributed by atoms with E-state index in [-0.39, 0.29) is 0 Å². The van der Waals surface area contributed by atoms with Crippen molar-refractivity contribution in [3.63, 3.8) is 0 Å². The third kappa shape index (κ3) is 4.43. The number of rotatable bonds is 5. The monoisotopic (exact) mass is 308 g/mol. The van der Waals surface area contributed by atoms with E-state index in [1.165, 1.54) is 12.8 Å². The topological polar surface area (TPSA) is 67.6 Å². The van der Waals surface area contributed by atoms with Crippen molar-refractivity contribution >= 4 is 5.96 Å². The predicted molar refractivity (Wildman–Crippen MR) is 86.7 cm³/mol. The fourth-order valence-corrected chi connectivity index (χ4v) is 2.49. The summed E-state index contributed by atoms with van der Waals surface area (Å²) in [5, 5.41) is 11.7. The van der Waals surface area contributed by atoms with Crippen LogP contribution in [0.1, 0.15) is 31.4 Å². The van der Waals surface area contributed by atoms with Gasteiger partial charge in [-0.1, -0.05) is 6.92 Å². The number of aromatic nitrogens is 3. The van der Waals surface area contributed by atoms with Crippen LogP contribution < -0.4 is 5.32 Å². The highest BCUT2D eigenvalue weighted by atomic mass is 16.5. The first-order valence-corrected chi connectivity index (χ1v) is 7.99. The molecule has 1 fully saturated rings. The number of ether oxygens (including phenoxy) is 1. The normalized spacial score (nSPS) is 17.1. The van der Waals surface area contributed by atoms with E-state index in [0.29, 0.717) is 13.2 Å². The molecule has 0 amide bonds. The quantitative estimate of drug-likeness (QED) is 0.498. The largest absolute Gasteiger partial charge is 0.383 e. The first-order valence-electron chi connectivity index (χ1n) is 7.99. The van der Waals surface area contributed by atoms with Gasteiger partial charge in [0.25, 0.3) is 0 Å². The third-order valence-electron chi connectivity index (χ3n) is 4.23. The van der Waals surface area contributed by atoms with Gasteiger partial charge >= 0.3 is 0 Å². The molecule has 0 radical (unpaired) electrons. The van der Waals surface area contributed by atoms with Crippen LogP contribution in [-0.2, 0) is 18.3 Å². The fourth-order valence-electron chi connectivity index (χ4n) is 2.49. The lowest BCUT2D eigenvalue weighted by Gasteiger charge is -2.33. The van der Waals surface area contributed by atoms with Crippen molar-refractivity contribution in [1.29, 1.82) is 0 Å². The molecule has 0 aliphatic carbocycles. The van der Waals surface area contributed by atoms with E-state index >= 15 is 0 Å². The van der Waals surface area contributed by atoms with Crippen molar-refractivity contribution in [3.8, 4) is 0 Å². The third-order valence-corrected chi connectivity index (χ3v) is 4.23. The second kappa shape index (κ2) is 8.12. The van der Waals surface area contributed by atoms with Crippen LogP contribution >= 0.6 is 0 Å². The first kappa shape index (κ1) is 16.7. The number of nitrogens with zero attached hydrogens (tertiary/aromatic N) is 5. The molecule has 0 spiro atoms. The number of hydrogen-bond acceptors (Lipinski definition) is 4. The van der Waals surface area contributed by atoms with Crippen LogP contribution in [0.2, 0.25) is 0 Å². The Bertz CT molecular complexity index is 490. The molecule has 22 heavy (non-hydrogen) atoms. The molecule has 1 N–H and O–H groups in total. The number of hydrogen-bond donors (Lipinski definition) is 1. The van der Waals surface area contributed by atoms with E-state index in [2.05, 4.69) is 27.3 Å². The van der Waals surface area contributed by atoms with Crippen LogP contribution in [0.15, 0.2) is 4.99 Å². The van der Waals surface area contributed by atoms with Gasteiger partial charge in [-0.15, -0.1) is 10.2 Å². The molecular weight excluding hydrogens is 280 g/mol. The van der Waals surface area contributed by atoms with Gasteiger partial charge in [0, 0.05) is 33.8 Å². The number of nitrogens with one attached hydrogen (secondary N) is 1. The summed E-state index contributed by atoms with van der Waals surface area (Å²) in [6.45, 7) is 8.35. The maximum atomic E-state index is 5.12. The Morgan fingerprint density at radius 1 is 1.36 bits per heavy atom. The second-order valence-corrected chi connectivity index (χ2v) is 5.95. The molecular formula is C15H28N6O. The fraction of sp³-hybridized carbons (Fsp3) is 0.800. The smallest absolute Gasteiger partial charge is 0.194 e. The molecule has 7 heteroatoms. The Balaban J connectivity index is 2.02. The minimum absolute atomic E-state index is 0.540. The summed E-state index contributed by atoms with van der Waals surface area (Å²) >= 11 is 0. The van der Waals surface area contributed by atoms with Crippen molar-refractivity contribution in [2.75, 3.05) is 33.4 Å². The van der Waals surface area contributed by atoms with Gasteiger partial charge in [0.15, 0.2) is 11.8 Å². The molecule has 2 heterocycles. The lowest BCUT2D eigenvalue weighted by atomic mass is 10.00. The van der Waals surface area contributed by atoms with Crippen LogP contribution in [-0.4, -0.2) is 59.0 Å². The number of methoxy groups -OCH3 is 1. The van der Waals surface area contributed by atoms with Crippen molar-refractivity contribution in [3.05, 3.63) is 11.6 Å². The van der Waals surface area contributed by atoms with Gasteiger partial charge in [-0.2, -0.15) is 0 Å². The van der Waals surface area contributed by atoms with E-state index in [0.717, 1.165) is 43.2 Å². The Morgan fingerprint density at radius 3 is 2.68 bits per heavy atom. The molecule has 7 nitrogen and oxygen atoms in total. The minimum Gasteiger partial charge on any atom is -0.383 e. The second-order valence-electron chi connectivity index (χ2n) is 5.95. The van der Waals surface area contributed by atoms with E-state index in [1.54, 1.807) is 7.11 Å². The Labute approximate surface area is 132 Å². The van der Waals surface area contributed by atoms with Crippen molar-refractivity contribution < 1.29 is 4.74 Å². The van der Waals surface area contributed by atoms with Crippen molar-refractivity contribution in [1.82, 2.24) is 25.0 Å². The molecule has 2 rings (SSSR count). The van der Waals surface area contributed by atoms with Gasteiger partial charge in [0.1, 0.15) is 12.4 Å². The molecule has 124 valence electrons. The molecule has 1 aromatic heterocycles. The Kier molecular flexibility index (Phi) is 6.18. The highest BCUT2D eigenvalue weighted by molar-refractivity contribution is 5.80. The van der Waals surface area contributed by atoms with Crippen LogP contribution in [0, 0.1) is 12.8 Å². The average Bonchev–Trinajstić information content (AvgIpc) is 2.83. The molecule has 0 bridgehead atoms. The standard InChI is InChI=1S/C15H28N6O/c1-12-5-8-21(9-6-12)15(16-7-10-22-4)17-11-14-19-18-13(2)20(14)3/h12H,5-11H2,1-4H3,(H,16,17). The molecule has 0 unspecified atom stereocenters. The van der Waals surface area contributed by atoms with Crippen LogP contribution in [0.4, 0.5) is 0 Å². The average molecular weight is 308 g/mol.